The van der Waals surface area contributed by atoms with Crippen molar-refractivity contribution in [3.05, 3.63) is 60.2 Å². The molecule has 3 rings (SSSR count). The van der Waals surface area contributed by atoms with Gasteiger partial charge in [0.2, 0.25) is 5.91 Å². The number of amides is 2. The quantitative estimate of drug-likeness (QED) is 0.678. The van der Waals surface area contributed by atoms with Gasteiger partial charge in [-0.25, -0.2) is 0 Å². The summed E-state index contributed by atoms with van der Waals surface area (Å²) >= 11 is 0. The molecule has 1 atom stereocenters. The topological polar surface area (TPSA) is 84.7 Å². The van der Waals surface area contributed by atoms with E-state index in [-0.39, 0.29) is 36.7 Å². The van der Waals surface area contributed by atoms with Crippen LogP contribution >= 0.6 is 12.4 Å². The molecule has 3 N–H and O–H groups in total. The van der Waals surface area contributed by atoms with Crippen LogP contribution in [0.5, 0.6) is 5.75 Å². The second-order valence-corrected chi connectivity index (χ2v) is 7.06. The molecule has 0 saturated carbocycles. The smallest absolute Gasteiger partial charge is 0.260 e. The van der Waals surface area contributed by atoms with Crippen molar-refractivity contribution >= 4 is 29.9 Å². The van der Waals surface area contributed by atoms with Gasteiger partial charge in [-0.3, -0.25) is 9.59 Å². The Balaban J connectivity index is 0.00000300. The molecule has 1 aliphatic heterocycles. The predicted octanol–water partition coefficient (Wildman–Crippen LogP) is 2.67. The zero-order valence-corrected chi connectivity index (χ0v) is 17.2. The number of carbonyl (C=O) groups excluding carboxylic acids is 2. The van der Waals surface area contributed by atoms with E-state index >= 15 is 0 Å². The first-order chi connectivity index (χ1) is 13.6. The van der Waals surface area contributed by atoms with E-state index in [4.69, 9.17) is 10.5 Å². The number of hydrogen-bond acceptors (Lipinski definition) is 4. The number of ether oxygens (including phenoxy) is 1. The minimum absolute atomic E-state index is 0. The zero-order valence-electron chi connectivity index (χ0n) is 16.4. The number of anilines is 1. The van der Waals surface area contributed by atoms with Crippen molar-refractivity contribution in [2.45, 2.75) is 19.3 Å². The molecule has 6 nitrogen and oxygen atoms in total. The second kappa shape index (κ2) is 11.3. The van der Waals surface area contributed by atoms with Crippen LogP contribution in [0.2, 0.25) is 0 Å². The lowest BCUT2D eigenvalue weighted by Gasteiger charge is -2.32. The number of carbonyl (C=O) groups is 2. The number of benzene rings is 2. The number of halogens is 1. The van der Waals surface area contributed by atoms with Crippen LogP contribution in [0, 0.1) is 5.92 Å². The molecule has 0 bridgehead atoms. The molecule has 1 saturated heterocycles. The summed E-state index contributed by atoms with van der Waals surface area (Å²) in [7, 11) is 0. The normalized spacial score (nSPS) is 15.9. The summed E-state index contributed by atoms with van der Waals surface area (Å²) in [6, 6.07) is 16.9. The van der Waals surface area contributed by atoms with Crippen molar-refractivity contribution in [2.24, 2.45) is 5.92 Å². The summed E-state index contributed by atoms with van der Waals surface area (Å²) in [5, 5.41) is 2.99. The van der Waals surface area contributed by atoms with Gasteiger partial charge in [0.1, 0.15) is 5.75 Å². The third kappa shape index (κ3) is 6.98. The van der Waals surface area contributed by atoms with Crippen molar-refractivity contribution in [3.63, 3.8) is 0 Å². The second-order valence-electron chi connectivity index (χ2n) is 7.06. The lowest BCUT2D eigenvalue weighted by molar-refractivity contribution is -0.137. The summed E-state index contributed by atoms with van der Waals surface area (Å²) in [5.74, 6) is 0.436. The Labute approximate surface area is 177 Å². The van der Waals surface area contributed by atoms with E-state index < -0.39 is 0 Å². The lowest BCUT2D eigenvalue weighted by Crippen LogP contribution is -2.47. The molecule has 0 radical (unpaired) electrons. The summed E-state index contributed by atoms with van der Waals surface area (Å²) in [6.07, 6.45) is 2.39. The largest absolute Gasteiger partial charge is 0.484 e. The average molecular weight is 418 g/mol. The van der Waals surface area contributed by atoms with Crippen molar-refractivity contribution in [1.29, 1.82) is 0 Å². The third-order valence-electron chi connectivity index (χ3n) is 4.94. The van der Waals surface area contributed by atoms with E-state index in [9.17, 15) is 9.59 Å². The maximum absolute atomic E-state index is 12.5. The van der Waals surface area contributed by atoms with Gasteiger partial charge in [-0.15, -0.1) is 12.4 Å². The number of nitrogens with two attached hydrogens (primary N) is 1. The van der Waals surface area contributed by atoms with Crippen molar-refractivity contribution in [3.8, 4) is 5.75 Å². The Kier molecular flexibility index (Phi) is 8.80. The molecule has 7 heteroatoms. The molecular weight excluding hydrogens is 390 g/mol. The summed E-state index contributed by atoms with van der Waals surface area (Å²) in [5.41, 5.74) is 7.55. The number of nitrogen functional groups attached to an aromatic ring is 1. The van der Waals surface area contributed by atoms with Gasteiger partial charge < -0.3 is 20.7 Å². The molecule has 0 aliphatic carbocycles. The molecule has 0 aromatic heterocycles. The molecule has 2 aromatic rings. The van der Waals surface area contributed by atoms with Gasteiger partial charge in [-0.1, -0.05) is 30.3 Å². The van der Waals surface area contributed by atoms with E-state index in [1.54, 1.807) is 4.90 Å². The van der Waals surface area contributed by atoms with Gasteiger partial charge >= 0.3 is 0 Å². The van der Waals surface area contributed by atoms with E-state index in [0.29, 0.717) is 25.4 Å². The highest BCUT2D eigenvalue weighted by Crippen LogP contribution is 2.17. The molecule has 2 amide bonds. The Hall–Kier alpha value is -2.73. The number of likely N-dealkylation sites (tertiary alicyclic amines) is 1. The Morgan fingerprint density at radius 3 is 2.55 bits per heavy atom. The first-order valence-corrected chi connectivity index (χ1v) is 9.69. The fourth-order valence-electron chi connectivity index (χ4n) is 3.33. The maximum atomic E-state index is 12.5. The van der Waals surface area contributed by atoms with Gasteiger partial charge in [0.25, 0.3) is 5.91 Å². The molecular formula is C22H28ClN3O3. The van der Waals surface area contributed by atoms with Gasteiger partial charge in [0, 0.05) is 25.3 Å². The lowest BCUT2D eigenvalue weighted by atomic mass is 9.97. The molecule has 1 unspecified atom stereocenters. The molecule has 156 valence electrons. The monoisotopic (exact) mass is 417 g/mol. The van der Waals surface area contributed by atoms with Crippen LogP contribution in [0.3, 0.4) is 0 Å². The minimum atomic E-state index is -0.166. The molecule has 1 heterocycles. The first kappa shape index (κ1) is 22.6. The number of piperidine rings is 1. The molecule has 29 heavy (non-hydrogen) atoms. The first-order valence-electron chi connectivity index (χ1n) is 9.69. The SMILES string of the molecule is Cl.Nc1ccc(CCNC(=O)C2CCCN(C(=O)COc3ccccc3)C2)cc1. The number of para-hydroxylation sites is 1. The van der Waals surface area contributed by atoms with Gasteiger partial charge in [-0.05, 0) is 49.1 Å². The standard InChI is InChI=1S/C22H27N3O3.ClH/c23-19-10-8-17(9-11-19)12-13-24-22(27)18-5-4-14-25(15-18)21(26)16-28-20-6-2-1-3-7-20;/h1-3,6-11,18H,4-5,12-16,23H2,(H,24,27);1H. The van der Waals surface area contributed by atoms with Crippen molar-refractivity contribution < 1.29 is 14.3 Å². The minimum Gasteiger partial charge on any atom is -0.484 e. The fraction of sp³-hybridized carbons (Fsp3) is 0.364. The highest BCUT2D eigenvalue weighted by atomic mass is 35.5. The van der Waals surface area contributed by atoms with E-state index in [2.05, 4.69) is 5.32 Å². The molecule has 2 aromatic carbocycles. The van der Waals surface area contributed by atoms with Crippen LogP contribution < -0.4 is 15.8 Å². The summed E-state index contributed by atoms with van der Waals surface area (Å²) in [6.45, 7) is 1.69. The Morgan fingerprint density at radius 1 is 1.10 bits per heavy atom. The van der Waals surface area contributed by atoms with Crippen LogP contribution in [0.4, 0.5) is 5.69 Å². The fourth-order valence-corrected chi connectivity index (χ4v) is 3.33. The van der Waals surface area contributed by atoms with Crippen LogP contribution in [-0.4, -0.2) is 43.0 Å². The van der Waals surface area contributed by atoms with Gasteiger partial charge in [-0.2, -0.15) is 0 Å². The number of nitrogens with zero attached hydrogens (tertiary/aromatic N) is 1. The number of nitrogens with one attached hydrogen (secondary N) is 1. The van der Waals surface area contributed by atoms with Crippen LogP contribution in [-0.2, 0) is 16.0 Å². The van der Waals surface area contributed by atoms with Gasteiger partial charge in [0.05, 0.1) is 5.92 Å². The summed E-state index contributed by atoms with van der Waals surface area (Å²) in [4.78, 5) is 26.6. The average Bonchev–Trinajstić information content (AvgIpc) is 2.74. The molecule has 1 fully saturated rings. The zero-order chi connectivity index (χ0) is 19.8. The van der Waals surface area contributed by atoms with E-state index in [0.717, 1.165) is 30.5 Å². The van der Waals surface area contributed by atoms with Crippen LogP contribution in [0.1, 0.15) is 18.4 Å². The van der Waals surface area contributed by atoms with Crippen LogP contribution in [0.25, 0.3) is 0 Å². The third-order valence-corrected chi connectivity index (χ3v) is 4.94. The number of rotatable bonds is 7. The highest BCUT2D eigenvalue weighted by molar-refractivity contribution is 5.85. The Bertz CT molecular complexity index is 784. The Morgan fingerprint density at radius 2 is 1.83 bits per heavy atom. The summed E-state index contributed by atoms with van der Waals surface area (Å²) < 4.78 is 5.54. The molecule has 1 aliphatic rings. The van der Waals surface area contributed by atoms with E-state index in [1.807, 2.05) is 54.6 Å². The van der Waals surface area contributed by atoms with Crippen molar-refractivity contribution in [1.82, 2.24) is 10.2 Å². The van der Waals surface area contributed by atoms with Crippen LogP contribution in [0.15, 0.2) is 54.6 Å². The van der Waals surface area contributed by atoms with E-state index in [1.165, 1.54) is 0 Å². The predicted molar refractivity (Wildman–Crippen MR) is 116 cm³/mol. The molecule has 0 spiro atoms. The van der Waals surface area contributed by atoms with Gasteiger partial charge in [0.15, 0.2) is 6.61 Å². The maximum Gasteiger partial charge on any atom is 0.260 e. The number of hydrogen-bond donors (Lipinski definition) is 2. The highest BCUT2D eigenvalue weighted by Gasteiger charge is 2.28. The van der Waals surface area contributed by atoms with Crippen molar-refractivity contribution in [2.75, 3.05) is 32.0 Å².